The number of fused-ring (bicyclic) bond motifs is 3. The molecule has 5 rings (SSSR count). The van der Waals surface area contributed by atoms with Crippen molar-refractivity contribution in [2.75, 3.05) is 0 Å². The van der Waals surface area contributed by atoms with Crippen LogP contribution in [0.4, 0.5) is 30.7 Å². The van der Waals surface area contributed by atoms with Gasteiger partial charge in [0.15, 0.2) is 5.69 Å². The van der Waals surface area contributed by atoms with Crippen LogP contribution in [-0.4, -0.2) is 10.2 Å². The number of aromatic nitrogens is 2. The number of rotatable bonds is 1. The van der Waals surface area contributed by atoms with Crippen molar-refractivity contribution in [3.8, 4) is 11.3 Å². The lowest BCUT2D eigenvalue weighted by Gasteiger charge is -2.23. The fourth-order valence-electron chi connectivity index (χ4n) is 4.82. The molecule has 0 aliphatic rings. The van der Waals surface area contributed by atoms with Gasteiger partial charge in [0.05, 0.1) is 5.56 Å². The number of benzene rings is 4. The lowest BCUT2D eigenvalue weighted by Crippen LogP contribution is -2.17. The minimum absolute atomic E-state index is 0.164. The van der Waals surface area contributed by atoms with Crippen LogP contribution in [-0.2, 0) is 17.8 Å². The second kappa shape index (κ2) is 8.13. The first-order valence-electron chi connectivity index (χ1n) is 11.3. The molecule has 0 N–H and O–H groups in total. The maximum Gasteiger partial charge on any atom is 0.435 e. The Hall–Kier alpha value is -3.75. The van der Waals surface area contributed by atoms with Crippen molar-refractivity contribution in [2.24, 2.45) is 0 Å². The van der Waals surface area contributed by atoms with E-state index < -0.39 is 62.1 Å². The molecule has 0 aliphatic heterocycles. The van der Waals surface area contributed by atoms with Gasteiger partial charge in [-0.15, -0.1) is 10.2 Å². The minimum atomic E-state index is -5.31. The zero-order valence-corrected chi connectivity index (χ0v) is 19.8. The predicted octanol–water partition coefficient (Wildman–Crippen LogP) is 9.08. The van der Waals surface area contributed by atoms with Crippen LogP contribution in [0.3, 0.4) is 0 Å². The van der Waals surface area contributed by atoms with E-state index in [1.807, 2.05) is 32.9 Å². The van der Waals surface area contributed by atoms with E-state index in [0.29, 0.717) is 5.39 Å². The van der Waals surface area contributed by atoms with E-state index in [1.165, 1.54) is 12.1 Å². The van der Waals surface area contributed by atoms with Gasteiger partial charge >= 0.3 is 12.4 Å². The van der Waals surface area contributed by atoms with E-state index >= 15 is 4.39 Å². The van der Waals surface area contributed by atoms with Crippen molar-refractivity contribution < 1.29 is 30.7 Å². The summed E-state index contributed by atoms with van der Waals surface area (Å²) in [5.41, 5.74) is -3.40. The summed E-state index contributed by atoms with van der Waals surface area (Å²) in [5.74, 6) is -1.22. The lowest BCUT2D eigenvalue weighted by molar-refractivity contribution is -0.142. The first-order chi connectivity index (χ1) is 17.2. The monoisotopic (exact) mass is 516 g/mol. The van der Waals surface area contributed by atoms with Crippen molar-refractivity contribution in [1.29, 1.82) is 0 Å². The topological polar surface area (TPSA) is 25.8 Å². The number of alkyl halides is 6. The molecule has 0 aliphatic carbocycles. The van der Waals surface area contributed by atoms with Crippen LogP contribution >= 0.6 is 0 Å². The van der Waals surface area contributed by atoms with Crippen LogP contribution in [0.2, 0.25) is 0 Å². The second-order valence-electron chi connectivity index (χ2n) is 9.87. The minimum Gasteiger partial charge on any atom is -0.206 e. The van der Waals surface area contributed by atoms with Crippen LogP contribution in [0.5, 0.6) is 0 Å². The largest absolute Gasteiger partial charge is 0.435 e. The molecular weight excluding hydrogens is 497 g/mol. The van der Waals surface area contributed by atoms with Gasteiger partial charge in [0.25, 0.3) is 0 Å². The average Bonchev–Trinajstić information content (AvgIpc) is 2.80. The molecule has 5 aromatic rings. The summed E-state index contributed by atoms with van der Waals surface area (Å²) in [7, 11) is 0. The first-order valence-corrected chi connectivity index (χ1v) is 11.3. The van der Waals surface area contributed by atoms with Gasteiger partial charge < -0.3 is 0 Å². The number of nitrogens with zero attached hydrogens (tertiary/aromatic N) is 2. The highest BCUT2D eigenvalue weighted by molar-refractivity contribution is 6.09. The summed E-state index contributed by atoms with van der Waals surface area (Å²) in [6.45, 7) is 5.76. The fraction of sp³-hybridized carbons (Fsp3) is 0.214. The van der Waals surface area contributed by atoms with E-state index in [1.54, 1.807) is 24.3 Å². The Morgan fingerprint density at radius 2 is 1.24 bits per heavy atom. The zero-order chi connectivity index (χ0) is 26.9. The van der Waals surface area contributed by atoms with Gasteiger partial charge in [-0.25, -0.2) is 4.39 Å². The number of hydrogen-bond acceptors (Lipinski definition) is 2. The quantitative estimate of drug-likeness (QED) is 0.164. The highest BCUT2D eigenvalue weighted by Crippen LogP contribution is 2.48. The SMILES string of the molecule is CC(C)(C)c1cc(-c2nnc(C(F)(F)F)c3c(C(F)(F)F)c4ccccc4c(F)c23)cc2ccccc12. The molecule has 0 saturated carbocycles. The summed E-state index contributed by atoms with van der Waals surface area (Å²) < 4.78 is 101. The fourth-order valence-corrected chi connectivity index (χ4v) is 4.82. The van der Waals surface area contributed by atoms with Gasteiger partial charge in [0.1, 0.15) is 11.5 Å². The van der Waals surface area contributed by atoms with Gasteiger partial charge in [0.2, 0.25) is 0 Å². The molecule has 9 heteroatoms. The van der Waals surface area contributed by atoms with Gasteiger partial charge in [-0.05, 0) is 39.3 Å². The Morgan fingerprint density at radius 3 is 1.84 bits per heavy atom. The Balaban J connectivity index is 2.04. The molecule has 190 valence electrons. The Kier molecular flexibility index (Phi) is 5.47. The molecule has 2 nitrogen and oxygen atoms in total. The molecule has 0 radical (unpaired) electrons. The molecule has 0 atom stereocenters. The van der Waals surface area contributed by atoms with Crippen LogP contribution in [0, 0.1) is 5.82 Å². The normalized spacial score (nSPS) is 13.1. The standard InChI is InChI=1S/C28H19F7N2/c1-26(2,3)19-13-15(12-14-8-4-5-9-16(14)19)24-21-20(25(37-36-24)28(33,34)35)22(27(30,31)32)17-10-6-7-11-18(17)23(21)29/h4-13H,1-3H3. The number of halogens is 7. The van der Waals surface area contributed by atoms with Crippen LogP contribution in [0.1, 0.15) is 37.6 Å². The predicted molar refractivity (Wildman–Crippen MR) is 129 cm³/mol. The Bertz CT molecular complexity index is 1690. The summed E-state index contributed by atoms with van der Waals surface area (Å²) in [5, 5.41) is 5.06. The van der Waals surface area contributed by atoms with Crippen molar-refractivity contribution >= 4 is 32.3 Å². The van der Waals surface area contributed by atoms with Gasteiger partial charge in [-0.1, -0.05) is 69.3 Å². The molecule has 0 fully saturated rings. The highest BCUT2D eigenvalue weighted by atomic mass is 19.4. The van der Waals surface area contributed by atoms with E-state index in [4.69, 9.17) is 0 Å². The third kappa shape index (κ3) is 4.06. The average molecular weight is 516 g/mol. The maximum absolute atomic E-state index is 16.0. The second-order valence-corrected chi connectivity index (χ2v) is 9.87. The molecule has 0 bridgehead atoms. The van der Waals surface area contributed by atoms with Crippen molar-refractivity contribution in [3.05, 3.63) is 83.3 Å². The van der Waals surface area contributed by atoms with E-state index in [2.05, 4.69) is 10.2 Å². The highest BCUT2D eigenvalue weighted by Gasteiger charge is 2.44. The van der Waals surface area contributed by atoms with E-state index in [0.717, 1.165) is 23.1 Å². The Morgan fingerprint density at radius 1 is 0.649 bits per heavy atom. The van der Waals surface area contributed by atoms with Crippen LogP contribution < -0.4 is 0 Å². The van der Waals surface area contributed by atoms with Crippen molar-refractivity contribution in [3.63, 3.8) is 0 Å². The van der Waals surface area contributed by atoms with Gasteiger partial charge in [0, 0.05) is 21.7 Å². The summed E-state index contributed by atoms with van der Waals surface area (Å²) in [6.07, 6.45) is -10.5. The lowest BCUT2D eigenvalue weighted by atomic mass is 9.82. The molecule has 1 heterocycles. The Labute approximate surface area is 206 Å². The molecule has 0 spiro atoms. The molecular formula is C28H19F7N2. The molecule has 0 amide bonds. The smallest absolute Gasteiger partial charge is 0.206 e. The van der Waals surface area contributed by atoms with E-state index in [9.17, 15) is 26.3 Å². The molecule has 0 saturated heterocycles. The summed E-state index contributed by atoms with van der Waals surface area (Å²) >= 11 is 0. The van der Waals surface area contributed by atoms with Crippen LogP contribution in [0.25, 0.3) is 43.6 Å². The van der Waals surface area contributed by atoms with E-state index in [-0.39, 0.29) is 5.56 Å². The third-order valence-electron chi connectivity index (χ3n) is 6.37. The van der Waals surface area contributed by atoms with Gasteiger partial charge in [-0.2, -0.15) is 26.3 Å². The summed E-state index contributed by atoms with van der Waals surface area (Å²) in [6, 6.07) is 15.0. The van der Waals surface area contributed by atoms with Crippen LogP contribution in [0.15, 0.2) is 60.7 Å². The molecule has 1 aromatic heterocycles. The molecule has 4 aromatic carbocycles. The number of hydrogen-bond donors (Lipinski definition) is 0. The van der Waals surface area contributed by atoms with Crippen molar-refractivity contribution in [2.45, 2.75) is 38.5 Å². The van der Waals surface area contributed by atoms with Crippen molar-refractivity contribution in [1.82, 2.24) is 10.2 Å². The summed E-state index contributed by atoms with van der Waals surface area (Å²) in [4.78, 5) is 0. The first kappa shape index (κ1) is 24.9. The van der Waals surface area contributed by atoms with Gasteiger partial charge in [-0.3, -0.25) is 0 Å². The maximum atomic E-state index is 16.0. The zero-order valence-electron chi connectivity index (χ0n) is 19.8. The molecule has 37 heavy (non-hydrogen) atoms. The third-order valence-corrected chi connectivity index (χ3v) is 6.37. The molecule has 0 unspecified atom stereocenters.